The molecule has 2 heterocycles. The minimum atomic E-state index is -0.823. The van der Waals surface area contributed by atoms with Crippen molar-refractivity contribution in [2.75, 3.05) is 33.7 Å². The number of benzene rings is 1. The number of para-hydroxylation sites is 1. The summed E-state index contributed by atoms with van der Waals surface area (Å²) in [6.07, 6.45) is 0.602. The van der Waals surface area contributed by atoms with Gasteiger partial charge < -0.3 is 14.9 Å². The monoisotopic (exact) mass is 299 g/mol. The summed E-state index contributed by atoms with van der Waals surface area (Å²) in [7, 11) is 3.85. The molecule has 0 unspecified atom stereocenters. The number of carbonyl (C=O) groups excluding carboxylic acids is 1. The SMILES string of the molecule is CN(C)C[C@]1(O)CCN(C(=O)c2ccc3ccccc3n2)C1. The number of amides is 1. The van der Waals surface area contributed by atoms with E-state index in [1.807, 2.05) is 49.3 Å². The van der Waals surface area contributed by atoms with Crippen LogP contribution in [0, 0.1) is 0 Å². The average molecular weight is 299 g/mol. The molecule has 1 amide bonds. The first-order valence-electron chi connectivity index (χ1n) is 7.49. The van der Waals surface area contributed by atoms with Crippen LogP contribution >= 0.6 is 0 Å². The first-order chi connectivity index (χ1) is 10.5. The number of hydrogen-bond acceptors (Lipinski definition) is 4. The van der Waals surface area contributed by atoms with Crippen LogP contribution in [0.25, 0.3) is 10.9 Å². The number of β-amino-alcohol motifs (C(OH)–C–C–N with tert-alkyl or cyclic N) is 1. The van der Waals surface area contributed by atoms with Crippen LogP contribution in [0.15, 0.2) is 36.4 Å². The van der Waals surface area contributed by atoms with Crippen LogP contribution in [0.2, 0.25) is 0 Å². The molecule has 0 aliphatic carbocycles. The molecule has 116 valence electrons. The molecule has 1 aliphatic rings. The number of nitrogens with zero attached hydrogens (tertiary/aromatic N) is 3. The van der Waals surface area contributed by atoms with Crippen molar-refractivity contribution < 1.29 is 9.90 Å². The summed E-state index contributed by atoms with van der Waals surface area (Å²) in [5, 5.41) is 11.6. The molecule has 0 saturated carbocycles. The van der Waals surface area contributed by atoms with E-state index >= 15 is 0 Å². The van der Waals surface area contributed by atoms with Crippen LogP contribution in [0.4, 0.5) is 0 Å². The van der Waals surface area contributed by atoms with E-state index < -0.39 is 5.60 Å². The van der Waals surface area contributed by atoms with Crippen molar-refractivity contribution in [1.82, 2.24) is 14.8 Å². The average Bonchev–Trinajstić information content (AvgIpc) is 2.87. The van der Waals surface area contributed by atoms with Crippen molar-refractivity contribution >= 4 is 16.8 Å². The van der Waals surface area contributed by atoms with Gasteiger partial charge >= 0.3 is 0 Å². The maximum atomic E-state index is 12.6. The van der Waals surface area contributed by atoms with E-state index in [1.165, 1.54) is 0 Å². The van der Waals surface area contributed by atoms with E-state index in [0.29, 0.717) is 31.7 Å². The predicted octanol–water partition coefficient (Wildman–Crippen LogP) is 1.37. The molecule has 2 aromatic rings. The topological polar surface area (TPSA) is 56.7 Å². The fourth-order valence-electron chi connectivity index (χ4n) is 3.09. The Bertz CT molecular complexity index is 701. The van der Waals surface area contributed by atoms with E-state index in [-0.39, 0.29) is 5.91 Å². The van der Waals surface area contributed by atoms with Crippen molar-refractivity contribution in [1.29, 1.82) is 0 Å². The Morgan fingerprint density at radius 3 is 2.86 bits per heavy atom. The summed E-state index contributed by atoms with van der Waals surface area (Å²) in [6, 6.07) is 11.4. The first-order valence-corrected chi connectivity index (χ1v) is 7.49. The molecular formula is C17H21N3O2. The minimum Gasteiger partial charge on any atom is -0.387 e. The Morgan fingerprint density at radius 2 is 2.09 bits per heavy atom. The Hall–Kier alpha value is -1.98. The van der Waals surface area contributed by atoms with Crippen LogP contribution in [0.3, 0.4) is 0 Å². The van der Waals surface area contributed by atoms with Crippen LogP contribution in [-0.4, -0.2) is 65.1 Å². The van der Waals surface area contributed by atoms with Gasteiger partial charge in [-0.15, -0.1) is 0 Å². The molecule has 1 atom stereocenters. The van der Waals surface area contributed by atoms with Crippen LogP contribution in [-0.2, 0) is 0 Å². The lowest BCUT2D eigenvalue weighted by Gasteiger charge is -2.26. The Morgan fingerprint density at radius 1 is 1.32 bits per heavy atom. The number of fused-ring (bicyclic) bond motifs is 1. The largest absolute Gasteiger partial charge is 0.387 e. The molecule has 3 rings (SSSR count). The van der Waals surface area contributed by atoms with E-state index in [4.69, 9.17) is 0 Å². The lowest BCUT2D eigenvalue weighted by Crippen LogP contribution is -2.43. The van der Waals surface area contributed by atoms with Gasteiger partial charge in [0.2, 0.25) is 0 Å². The summed E-state index contributed by atoms with van der Waals surface area (Å²) < 4.78 is 0. The first kappa shape index (κ1) is 14.9. The maximum Gasteiger partial charge on any atom is 0.272 e. The van der Waals surface area contributed by atoms with Crippen LogP contribution in [0.1, 0.15) is 16.9 Å². The molecule has 5 nitrogen and oxygen atoms in total. The number of pyridine rings is 1. The summed E-state index contributed by atoms with van der Waals surface area (Å²) in [5.41, 5.74) is 0.430. The van der Waals surface area contributed by atoms with Gasteiger partial charge in [-0.05, 0) is 32.6 Å². The molecule has 0 bridgehead atoms. The normalized spacial score (nSPS) is 21.7. The number of rotatable bonds is 3. The number of carbonyl (C=O) groups is 1. The summed E-state index contributed by atoms with van der Waals surface area (Å²) in [5.74, 6) is -0.111. The van der Waals surface area contributed by atoms with Gasteiger partial charge in [0.05, 0.1) is 17.7 Å². The molecule has 0 spiro atoms. The second-order valence-electron chi connectivity index (χ2n) is 6.33. The lowest BCUT2D eigenvalue weighted by molar-refractivity contribution is 0.0235. The predicted molar refractivity (Wildman–Crippen MR) is 85.8 cm³/mol. The minimum absolute atomic E-state index is 0.111. The van der Waals surface area contributed by atoms with Gasteiger partial charge in [0.25, 0.3) is 5.91 Å². The fourth-order valence-corrected chi connectivity index (χ4v) is 3.09. The summed E-state index contributed by atoms with van der Waals surface area (Å²) in [4.78, 5) is 20.7. The summed E-state index contributed by atoms with van der Waals surface area (Å²) in [6.45, 7) is 1.48. The molecule has 22 heavy (non-hydrogen) atoms. The quantitative estimate of drug-likeness (QED) is 0.930. The molecule has 1 aromatic heterocycles. The highest BCUT2D eigenvalue weighted by Gasteiger charge is 2.39. The highest BCUT2D eigenvalue weighted by molar-refractivity contribution is 5.95. The smallest absolute Gasteiger partial charge is 0.272 e. The van der Waals surface area contributed by atoms with E-state index in [9.17, 15) is 9.90 Å². The molecule has 1 aromatic carbocycles. The van der Waals surface area contributed by atoms with Crippen molar-refractivity contribution in [3.8, 4) is 0 Å². The molecule has 5 heteroatoms. The highest BCUT2D eigenvalue weighted by Crippen LogP contribution is 2.23. The van der Waals surface area contributed by atoms with Gasteiger partial charge in [0.1, 0.15) is 5.69 Å². The number of aliphatic hydroxyl groups is 1. The second kappa shape index (κ2) is 5.66. The third-order valence-electron chi connectivity index (χ3n) is 4.05. The van der Waals surface area contributed by atoms with E-state index in [2.05, 4.69) is 4.98 Å². The molecular weight excluding hydrogens is 278 g/mol. The van der Waals surface area contributed by atoms with Crippen molar-refractivity contribution in [2.24, 2.45) is 0 Å². The van der Waals surface area contributed by atoms with Crippen molar-refractivity contribution in [3.05, 3.63) is 42.1 Å². The van der Waals surface area contributed by atoms with E-state index in [1.54, 1.807) is 11.0 Å². The van der Waals surface area contributed by atoms with E-state index in [0.717, 1.165) is 10.9 Å². The number of likely N-dealkylation sites (N-methyl/N-ethyl adjacent to an activating group) is 1. The van der Waals surface area contributed by atoms with Gasteiger partial charge in [-0.3, -0.25) is 4.79 Å². The van der Waals surface area contributed by atoms with Gasteiger partial charge in [-0.2, -0.15) is 0 Å². The Balaban J connectivity index is 1.79. The van der Waals surface area contributed by atoms with Crippen LogP contribution in [0.5, 0.6) is 0 Å². The highest BCUT2D eigenvalue weighted by atomic mass is 16.3. The molecule has 0 radical (unpaired) electrons. The fraction of sp³-hybridized carbons (Fsp3) is 0.412. The zero-order chi connectivity index (χ0) is 15.7. The zero-order valence-electron chi connectivity index (χ0n) is 13.0. The molecule has 1 saturated heterocycles. The van der Waals surface area contributed by atoms with Gasteiger partial charge in [-0.25, -0.2) is 4.98 Å². The van der Waals surface area contributed by atoms with Gasteiger partial charge in [-0.1, -0.05) is 24.3 Å². The van der Waals surface area contributed by atoms with Gasteiger partial charge in [0.15, 0.2) is 0 Å². The molecule has 1 fully saturated rings. The third kappa shape index (κ3) is 2.96. The Labute approximate surface area is 130 Å². The molecule has 1 aliphatic heterocycles. The zero-order valence-corrected chi connectivity index (χ0v) is 13.0. The second-order valence-corrected chi connectivity index (χ2v) is 6.33. The standard InChI is InChI=1S/C17H21N3O2/c1-19(2)11-17(22)9-10-20(12-17)16(21)15-8-7-13-5-3-4-6-14(13)18-15/h3-8,22H,9-12H2,1-2H3/t17-/m1/s1. The number of likely N-dealkylation sites (tertiary alicyclic amines) is 1. The van der Waals surface area contributed by atoms with Crippen LogP contribution < -0.4 is 0 Å². The summed E-state index contributed by atoms with van der Waals surface area (Å²) >= 11 is 0. The maximum absolute atomic E-state index is 12.6. The van der Waals surface area contributed by atoms with Crippen molar-refractivity contribution in [2.45, 2.75) is 12.0 Å². The third-order valence-corrected chi connectivity index (χ3v) is 4.05. The van der Waals surface area contributed by atoms with Gasteiger partial charge in [0, 0.05) is 18.5 Å². The number of hydrogen-bond donors (Lipinski definition) is 1. The lowest BCUT2D eigenvalue weighted by atomic mass is 10.0. The number of aromatic nitrogens is 1. The Kier molecular flexibility index (Phi) is 3.85. The molecule has 1 N–H and O–H groups in total. The van der Waals surface area contributed by atoms with Crippen molar-refractivity contribution in [3.63, 3.8) is 0 Å².